The smallest absolute Gasteiger partial charge is 0.303 e. The van der Waals surface area contributed by atoms with Crippen molar-refractivity contribution < 1.29 is 52.4 Å². The van der Waals surface area contributed by atoms with E-state index >= 15 is 0 Å². The number of carbonyl (C=O) groups excluding carboxylic acids is 5. The van der Waals surface area contributed by atoms with E-state index in [1.54, 1.807) is 30.3 Å². The summed E-state index contributed by atoms with van der Waals surface area (Å²) in [5.74, 6) is -2.92. The molecular formula is C25H27NO11S2. The topological polar surface area (TPSA) is 144 Å². The van der Waals surface area contributed by atoms with Gasteiger partial charge in [0.2, 0.25) is 0 Å². The molecule has 0 saturated carbocycles. The van der Waals surface area contributed by atoms with Gasteiger partial charge in [-0.25, -0.2) is 0 Å². The number of amides is 1. The largest absolute Gasteiger partial charge is 0.497 e. The quantitative estimate of drug-likeness (QED) is 0.191. The molecule has 2 aliphatic rings. The molecule has 1 aromatic carbocycles. The third kappa shape index (κ3) is 7.55. The SMILES string of the molecule is COc1ccc(/C=C2/SC(=S)N([C@@H]3O[C@@H](COC(C)=O)[C@H](OC(C)=O)[C@H](OC(C)=O)[C@@H]3OC(C)=O)C2=O)cc1. The first-order chi connectivity index (χ1) is 18.4. The molecular weight excluding hydrogens is 554 g/mol. The lowest BCUT2D eigenvalue weighted by molar-refractivity contribution is -0.268. The zero-order valence-corrected chi connectivity index (χ0v) is 23.4. The van der Waals surface area contributed by atoms with Crippen LogP contribution in [0.15, 0.2) is 29.2 Å². The van der Waals surface area contributed by atoms with Gasteiger partial charge in [0.05, 0.1) is 12.0 Å². The second-order valence-corrected chi connectivity index (χ2v) is 10.1. The van der Waals surface area contributed by atoms with Gasteiger partial charge in [0, 0.05) is 27.7 Å². The van der Waals surface area contributed by atoms with Crippen molar-refractivity contribution in [1.82, 2.24) is 4.90 Å². The molecule has 14 heteroatoms. The van der Waals surface area contributed by atoms with Crippen LogP contribution in [0.4, 0.5) is 0 Å². The molecule has 2 saturated heterocycles. The Morgan fingerprint density at radius 2 is 1.49 bits per heavy atom. The van der Waals surface area contributed by atoms with Gasteiger partial charge < -0.3 is 28.4 Å². The molecule has 2 aliphatic heterocycles. The highest BCUT2D eigenvalue weighted by Crippen LogP contribution is 2.39. The summed E-state index contributed by atoms with van der Waals surface area (Å²) in [5.41, 5.74) is 0.692. The molecule has 0 radical (unpaired) electrons. The molecule has 0 aromatic heterocycles. The minimum Gasteiger partial charge on any atom is -0.497 e. The Kier molecular flexibility index (Phi) is 10.1. The summed E-state index contributed by atoms with van der Waals surface area (Å²) in [5, 5.41) is 0. The minimum absolute atomic E-state index is 0.0701. The van der Waals surface area contributed by atoms with E-state index < -0.39 is 67.0 Å². The fourth-order valence-electron chi connectivity index (χ4n) is 3.96. The van der Waals surface area contributed by atoms with Crippen LogP contribution in [-0.2, 0) is 47.7 Å². The maximum Gasteiger partial charge on any atom is 0.303 e. The van der Waals surface area contributed by atoms with Gasteiger partial charge in [0.25, 0.3) is 5.91 Å². The first kappa shape index (κ1) is 30.1. The van der Waals surface area contributed by atoms with Gasteiger partial charge in [-0.2, -0.15) is 0 Å². The Balaban J connectivity index is 2.03. The van der Waals surface area contributed by atoms with Crippen LogP contribution in [0.3, 0.4) is 0 Å². The Hall–Kier alpha value is -3.49. The number of thiocarbonyl (C=S) groups is 1. The van der Waals surface area contributed by atoms with Crippen molar-refractivity contribution >= 4 is 64.2 Å². The molecule has 5 atom stereocenters. The molecule has 2 fully saturated rings. The van der Waals surface area contributed by atoms with E-state index in [2.05, 4.69) is 0 Å². The number of methoxy groups -OCH3 is 1. The summed E-state index contributed by atoms with van der Waals surface area (Å²) in [7, 11) is 1.54. The van der Waals surface area contributed by atoms with E-state index in [9.17, 15) is 24.0 Å². The average molecular weight is 582 g/mol. The lowest BCUT2D eigenvalue weighted by Gasteiger charge is -2.46. The number of benzene rings is 1. The lowest BCUT2D eigenvalue weighted by Crippen LogP contribution is -2.66. The van der Waals surface area contributed by atoms with Crippen LogP contribution in [0.1, 0.15) is 33.3 Å². The fraction of sp³-hybridized carbons (Fsp3) is 0.440. The van der Waals surface area contributed by atoms with Gasteiger partial charge in [-0.1, -0.05) is 36.1 Å². The zero-order chi connectivity index (χ0) is 28.9. The van der Waals surface area contributed by atoms with Crippen molar-refractivity contribution in [2.24, 2.45) is 0 Å². The van der Waals surface area contributed by atoms with Crippen LogP contribution < -0.4 is 4.74 Å². The van der Waals surface area contributed by atoms with Crippen LogP contribution in [0, 0.1) is 0 Å². The standard InChI is InChI=1S/C25H27NO11S2/c1-12(27)33-11-18-20(34-13(2)28)21(35-14(3)29)22(36-15(4)30)24(37-18)26-23(31)19(39-25(26)38)10-16-6-8-17(32-5)9-7-16/h6-10,18,20-22,24H,11H2,1-5H3/b19-10+/t18-,20-,21-,22-,24+/m0/s1. The number of carbonyl (C=O) groups is 5. The van der Waals surface area contributed by atoms with Crippen molar-refractivity contribution in [3.8, 4) is 5.75 Å². The normalized spacial score (nSPS) is 25.7. The van der Waals surface area contributed by atoms with Crippen LogP contribution in [-0.4, -0.2) is 83.4 Å². The third-order valence-electron chi connectivity index (χ3n) is 5.46. The minimum atomic E-state index is -1.45. The molecule has 0 unspecified atom stereocenters. The first-order valence-corrected chi connectivity index (χ1v) is 12.8. The maximum absolute atomic E-state index is 13.6. The van der Waals surface area contributed by atoms with Crippen LogP contribution >= 0.6 is 24.0 Å². The van der Waals surface area contributed by atoms with Gasteiger partial charge in [-0.05, 0) is 23.8 Å². The van der Waals surface area contributed by atoms with E-state index in [4.69, 9.17) is 40.6 Å². The number of thioether (sulfide) groups is 1. The summed E-state index contributed by atoms with van der Waals surface area (Å²) in [6.45, 7) is 4.08. The number of nitrogens with zero attached hydrogens (tertiary/aromatic N) is 1. The van der Waals surface area contributed by atoms with Crippen LogP contribution in [0.2, 0.25) is 0 Å². The van der Waals surface area contributed by atoms with Crippen molar-refractivity contribution in [1.29, 1.82) is 0 Å². The van der Waals surface area contributed by atoms with E-state index in [0.29, 0.717) is 11.3 Å². The van der Waals surface area contributed by atoms with E-state index in [-0.39, 0.29) is 9.23 Å². The number of hydrogen-bond donors (Lipinski definition) is 0. The molecule has 3 rings (SSSR count). The average Bonchev–Trinajstić information content (AvgIpc) is 3.12. The Morgan fingerprint density at radius 1 is 0.923 bits per heavy atom. The Morgan fingerprint density at radius 3 is 2.03 bits per heavy atom. The van der Waals surface area contributed by atoms with Crippen LogP contribution in [0.5, 0.6) is 5.75 Å². The zero-order valence-electron chi connectivity index (χ0n) is 21.7. The van der Waals surface area contributed by atoms with Crippen molar-refractivity contribution in [2.75, 3.05) is 13.7 Å². The molecule has 0 N–H and O–H groups in total. The lowest BCUT2D eigenvalue weighted by atomic mass is 9.96. The summed E-state index contributed by atoms with van der Waals surface area (Å²) >= 11 is 6.46. The maximum atomic E-state index is 13.6. The van der Waals surface area contributed by atoms with Crippen molar-refractivity contribution in [3.63, 3.8) is 0 Å². The van der Waals surface area contributed by atoms with E-state index in [1.165, 1.54) is 14.0 Å². The van der Waals surface area contributed by atoms with Crippen molar-refractivity contribution in [3.05, 3.63) is 34.7 Å². The molecule has 0 bridgehead atoms. The van der Waals surface area contributed by atoms with Crippen LogP contribution in [0.25, 0.3) is 6.08 Å². The fourth-order valence-corrected chi connectivity index (χ4v) is 5.27. The second kappa shape index (κ2) is 13.0. The highest BCUT2D eigenvalue weighted by atomic mass is 32.2. The van der Waals surface area contributed by atoms with Gasteiger partial charge >= 0.3 is 23.9 Å². The Bertz CT molecular complexity index is 1180. The summed E-state index contributed by atoms with van der Waals surface area (Å²) < 4.78 is 32.6. The number of esters is 4. The first-order valence-electron chi connectivity index (χ1n) is 11.6. The predicted molar refractivity (Wildman–Crippen MR) is 140 cm³/mol. The molecule has 2 heterocycles. The Labute approximate surface area is 233 Å². The van der Waals surface area contributed by atoms with E-state index in [0.717, 1.165) is 37.4 Å². The number of ether oxygens (including phenoxy) is 6. The van der Waals surface area contributed by atoms with Gasteiger partial charge in [-0.3, -0.25) is 28.9 Å². The highest BCUT2D eigenvalue weighted by molar-refractivity contribution is 8.26. The molecule has 0 spiro atoms. The molecule has 1 amide bonds. The van der Waals surface area contributed by atoms with Gasteiger partial charge in [-0.15, -0.1) is 0 Å². The summed E-state index contributed by atoms with van der Waals surface area (Å²) in [4.78, 5) is 62.5. The monoisotopic (exact) mass is 581 g/mol. The molecule has 39 heavy (non-hydrogen) atoms. The van der Waals surface area contributed by atoms with Gasteiger partial charge in [0.1, 0.15) is 18.5 Å². The predicted octanol–water partition coefficient (Wildman–Crippen LogP) is 1.98. The summed E-state index contributed by atoms with van der Waals surface area (Å²) in [6.07, 6.45) is -5.24. The molecule has 1 aromatic rings. The molecule has 210 valence electrons. The van der Waals surface area contributed by atoms with Crippen molar-refractivity contribution in [2.45, 2.75) is 58.3 Å². The molecule has 0 aliphatic carbocycles. The number of hydrogen-bond acceptors (Lipinski definition) is 13. The second-order valence-electron chi connectivity index (χ2n) is 8.41. The van der Waals surface area contributed by atoms with Gasteiger partial charge in [0.15, 0.2) is 28.9 Å². The number of rotatable bonds is 8. The molecule has 12 nitrogen and oxygen atoms in total. The highest BCUT2D eigenvalue weighted by Gasteiger charge is 2.56. The third-order valence-corrected chi connectivity index (χ3v) is 6.79. The van der Waals surface area contributed by atoms with E-state index in [1.807, 2.05) is 0 Å². The summed E-state index contributed by atoms with van der Waals surface area (Å²) in [6, 6.07) is 6.96.